The molecule has 0 bridgehead atoms. The predicted octanol–water partition coefficient (Wildman–Crippen LogP) is 3.87. The number of ether oxygens (including phenoxy) is 3. The van der Waals surface area contributed by atoms with Gasteiger partial charge in [0.15, 0.2) is 11.5 Å². The number of likely N-dealkylation sites (N-methyl/N-ethyl adjacent to an activating group) is 1. The van der Waals surface area contributed by atoms with Crippen LogP contribution in [-0.2, 0) is 19.6 Å². The van der Waals surface area contributed by atoms with E-state index >= 15 is 0 Å². The Morgan fingerprint density at radius 3 is 2.27 bits per heavy atom. The van der Waals surface area contributed by atoms with Crippen molar-refractivity contribution in [3.05, 3.63) is 89.5 Å². The van der Waals surface area contributed by atoms with Gasteiger partial charge in [-0.15, -0.1) is 0 Å². The first-order chi connectivity index (χ1) is 16.1. The fraction of sp³-hybridized carbons (Fsp3) is 0.333. The molecule has 0 saturated carbocycles. The molecule has 1 atom stereocenters. The molecule has 1 unspecified atom stereocenters. The molecule has 0 aliphatic heterocycles. The lowest BCUT2D eigenvalue weighted by atomic mass is 10.1. The molecule has 3 aromatic carbocycles. The summed E-state index contributed by atoms with van der Waals surface area (Å²) in [5.74, 6) is 2.13. The smallest absolute Gasteiger partial charge is 0.161 e. The van der Waals surface area contributed by atoms with E-state index in [9.17, 15) is 5.11 Å². The molecule has 0 saturated heterocycles. The standard InChI is InChI=1S/C27H34N2O4/c1-29(18-21-8-5-4-6-9-21)19-24(30)20-33-27-15-23(12-13-26(27)32-3)17-28-16-22-10-7-11-25(14-22)31-2/h4-15,24,28,30H,16-20H2,1-3H3. The Morgan fingerprint density at radius 2 is 1.55 bits per heavy atom. The van der Waals surface area contributed by atoms with E-state index in [1.807, 2.05) is 61.6 Å². The molecule has 176 valence electrons. The van der Waals surface area contributed by atoms with Gasteiger partial charge in [0.05, 0.1) is 14.2 Å². The van der Waals surface area contributed by atoms with E-state index in [4.69, 9.17) is 14.2 Å². The molecule has 6 nitrogen and oxygen atoms in total. The lowest BCUT2D eigenvalue weighted by molar-refractivity contribution is 0.0732. The molecule has 0 aliphatic rings. The van der Waals surface area contributed by atoms with E-state index in [1.165, 1.54) is 5.56 Å². The lowest BCUT2D eigenvalue weighted by Crippen LogP contribution is -2.32. The number of nitrogens with one attached hydrogen (secondary N) is 1. The Balaban J connectivity index is 1.50. The Kier molecular flexibility index (Phi) is 9.57. The van der Waals surface area contributed by atoms with E-state index in [1.54, 1.807) is 14.2 Å². The topological polar surface area (TPSA) is 63.2 Å². The Morgan fingerprint density at radius 1 is 0.818 bits per heavy atom. The fourth-order valence-corrected chi connectivity index (χ4v) is 3.64. The fourth-order valence-electron chi connectivity index (χ4n) is 3.64. The van der Waals surface area contributed by atoms with Crippen molar-refractivity contribution in [2.75, 3.05) is 34.4 Å². The van der Waals surface area contributed by atoms with Crippen LogP contribution in [0.15, 0.2) is 72.8 Å². The number of benzene rings is 3. The molecule has 0 fully saturated rings. The SMILES string of the molecule is COc1cccc(CNCc2ccc(OC)c(OCC(O)CN(C)Cc3ccccc3)c2)c1. The van der Waals surface area contributed by atoms with Crippen molar-refractivity contribution in [2.24, 2.45) is 0 Å². The summed E-state index contributed by atoms with van der Waals surface area (Å²) in [7, 11) is 5.28. The Bertz CT molecular complexity index is 981. The summed E-state index contributed by atoms with van der Waals surface area (Å²) in [5, 5.41) is 13.9. The van der Waals surface area contributed by atoms with Crippen molar-refractivity contribution >= 4 is 0 Å². The number of methoxy groups -OCH3 is 2. The highest BCUT2D eigenvalue weighted by Gasteiger charge is 2.12. The summed E-state index contributed by atoms with van der Waals surface area (Å²) in [4.78, 5) is 2.08. The average molecular weight is 451 g/mol. The monoisotopic (exact) mass is 450 g/mol. The van der Waals surface area contributed by atoms with Gasteiger partial charge in [-0.3, -0.25) is 4.90 Å². The van der Waals surface area contributed by atoms with Crippen molar-refractivity contribution in [3.8, 4) is 17.2 Å². The van der Waals surface area contributed by atoms with Crippen molar-refractivity contribution in [1.29, 1.82) is 0 Å². The summed E-state index contributed by atoms with van der Waals surface area (Å²) in [6.45, 7) is 2.89. The molecule has 0 spiro atoms. The maximum atomic E-state index is 10.5. The van der Waals surface area contributed by atoms with Crippen LogP contribution < -0.4 is 19.5 Å². The first kappa shape index (κ1) is 24.6. The molecule has 0 heterocycles. The number of hydrogen-bond acceptors (Lipinski definition) is 6. The van der Waals surface area contributed by atoms with Gasteiger partial charge in [-0.25, -0.2) is 0 Å². The second-order valence-corrected chi connectivity index (χ2v) is 8.09. The minimum atomic E-state index is -0.613. The molecule has 0 radical (unpaired) electrons. The molecule has 6 heteroatoms. The van der Waals surface area contributed by atoms with E-state index in [-0.39, 0.29) is 6.61 Å². The van der Waals surface area contributed by atoms with Gasteiger partial charge >= 0.3 is 0 Å². The average Bonchev–Trinajstić information content (AvgIpc) is 2.83. The zero-order valence-corrected chi connectivity index (χ0v) is 19.7. The second-order valence-electron chi connectivity index (χ2n) is 8.09. The number of rotatable bonds is 13. The molecule has 33 heavy (non-hydrogen) atoms. The number of hydrogen-bond donors (Lipinski definition) is 2. The van der Waals surface area contributed by atoms with Crippen LogP contribution in [0.25, 0.3) is 0 Å². The van der Waals surface area contributed by atoms with Crippen molar-refractivity contribution in [2.45, 2.75) is 25.7 Å². The van der Waals surface area contributed by atoms with E-state index < -0.39 is 6.10 Å². The normalized spacial score (nSPS) is 11.9. The lowest BCUT2D eigenvalue weighted by Gasteiger charge is -2.21. The minimum absolute atomic E-state index is 0.191. The molecule has 3 aromatic rings. The highest BCUT2D eigenvalue weighted by molar-refractivity contribution is 5.43. The van der Waals surface area contributed by atoms with Gasteiger partial charge in [-0.1, -0.05) is 48.5 Å². The van der Waals surface area contributed by atoms with Gasteiger partial charge < -0.3 is 24.6 Å². The summed E-state index contributed by atoms with van der Waals surface area (Å²) < 4.78 is 16.6. The summed E-state index contributed by atoms with van der Waals surface area (Å²) in [6.07, 6.45) is -0.613. The third-order valence-corrected chi connectivity index (χ3v) is 5.27. The zero-order valence-electron chi connectivity index (χ0n) is 19.7. The van der Waals surface area contributed by atoms with E-state index in [0.717, 1.165) is 30.0 Å². The minimum Gasteiger partial charge on any atom is -0.497 e. The Labute approximate surface area is 196 Å². The van der Waals surface area contributed by atoms with Crippen molar-refractivity contribution < 1.29 is 19.3 Å². The van der Waals surface area contributed by atoms with Crippen LogP contribution in [0.1, 0.15) is 16.7 Å². The van der Waals surface area contributed by atoms with E-state index in [2.05, 4.69) is 28.4 Å². The number of aliphatic hydroxyl groups is 1. The van der Waals surface area contributed by atoms with Crippen LogP contribution in [0.3, 0.4) is 0 Å². The van der Waals surface area contributed by atoms with Gasteiger partial charge in [-0.2, -0.15) is 0 Å². The molecular weight excluding hydrogens is 416 g/mol. The van der Waals surface area contributed by atoms with Gasteiger partial charge in [0.25, 0.3) is 0 Å². The van der Waals surface area contributed by atoms with Crippen LogP contribution >= 0.6 is 0 Å². The molecule has 3 rings (SSSR count). The summed E-state index contributed by atoms with van der Waals surface area (Å²) in [5.41, 5.74) is 3.44. The third-order valence-electron chi connectivity index (χ3n) is 5.27. The van der Waals surface area contributed by atoms with Crippen LogP contribution in [-0.4, -0.2) is 50.5 Å². The summed E-state index contributed by atoms with van der Waals surface area (Å²) >= 11 is 0. The molecular formula is C27H34N2O4. The van der Waals surface area contributed by atoms with Crippen molar-refractivity contribution in [3.63, 3.8) is 0 Å². The highest BCUT2D eigenvalue weighted by atomic mass is 16.5. The molecule has 2 N–H and O–H groups in total. The molecule has 0 amide bonds. The third kappa shape index (κ3) is 8.09. The first-order valence-corrected chi connectivity index (χ1v) is 11.1. The van der Waals surface area contributed by atoms with Gasteiger partial charge in [0.1, 0.15) is 18.5 Å². The molecule has 0 aromatic heterocycles. The molecule has 0 aliphatic carbocycles. The van der Waals surface area contributed by atoms with Gasteiger partial charge in [-0.05, 0) is 48.0 Å². The van der Waals surface area contributed by atoms with Crippen molar-refractivity contribution in [1.82, 2.24) is 10.2 Å². The predicted molar refractivity (Wildman–Crippen MR) is 131 cm³/mol. The quantitative estimate of drug-likeness (QED) is 0.412. The second kappa shape index (κ2) is 12.8. The maximum absolute atomic E-state index is 10.5. The highest BCUT2D eigenvalue weighted by Crippen LogP contribution is 2.28. The number of aliphatic hydroxyl groups excluding tert-OH is 1. The summed E-state index contributed by atoms with van der Waals surface area (Å²) in [6, 6.07) is 24.1. The van der Waals surface area contributed by atoms with Crippen LogP contribution in [0.4, 0.5) is 0 Å². The van der Waals surface area contributed by atoms with Crippen LogP contribution in [0.2, 0.25) is 0 Å². The zero-order chi connectivity index (χ0) is 23.5. The van der Waals surface area contributed by atoms with Crippen LogP contribution in [0, 0.1) is 0 Å². The van der Waals surface area contributed by atoms with E-state index in [0.29, 0.717) is 24.6 Å². The van der Waals surface area contributed by atoms with Crippen LogP contribution in [0.5, 0.6) is 17.2 Å². The Hall–Kier alpha value is -3.06. The maximum Gasteiger partial charge on any atom is 0.161 e. The van der Waals surface area contributed by atoms with Gasteiger partial charge in [0.2, 0.25) is 0 Å². The number of nitrogens with zero attached hydrogens (tertiary/aromatic N) is 1. The first-order valence-electron chi connectivity index (χ1n) is 11.1. The van der Waals surface area contributed by atoms with Gasteiger partial charge in [0, 0.05) is 26.2 Å². The largest absolute Gasteiger partial charge is 0.497 e.